The van der Waals surface area contributed by atoms with Crippen molar-refractivity contribution in [2.24, 2.45) is 5.92 Å². The Labute approximate surface area is 179 Å². The van der Waals surface area contributed by atoms with Crippen LogP contribution < -0.4 is 10.3 Å². The lowest BCUT2D eigenvalue weighted by atomic mass is 10.1. The third-order valence-electron chi connectivity index (χ3n) is 4.45. The number of methoxy groups -OCH3 is 1. The molecule has 0 fully saturated rings. The van der Waals surface area contributed by atoms with Crippen LogP contribution in [0.5, 0.6) is 5.75 Å². The monoisotopic (exact) mass is 430 g/mol. The number of halogens is 1. The van der Waals surface area contributed by atoms with Crippen LogP contribution in [-0.4, -0.2) is 27.7 Å². The first-order valence-corrected chi connectivity index (χ1v) is 10.6. The van der Waals surface area contributed by atoms with Gasteiger partial charge in [0, 0.05) is 17.1 Å². The molecule has 3 rings (SSSR count). The molecular formula is C22H23ClN2O3S. The van der Waals surface area contributed by atoms with E-state index in [2.05, 4.69) is 4.98 Å². The molecule has 0 saturated carbocycles. The third-order valence-corrected chi connectivity index (χ3v) is 5.78. The van der Waals surface area contributed by atoms with Crippen LogP contribution in [-0.2, 0) is 6.54 Å². The predicted molar refractivity (Wildman–Crippen MR) is 118 cm³/mol. The number of hydrogen-bond donors (Lipinski definition) is 0. The summed E-state index contributed by atoms with van der Waals surface area (Å²) in [5.41, 5.74) is 1.03. The number of hydrogen-bond acceptors (Lipinski definition) is 5. The number of Topliss-reactive ketones (excluding diaryl/α,β-unsaturated/α-hetero) is 1. The number of fused-ring (bicyclic) bond motifs is 1. The Balaban J connectivity index is 1.97. The molecule has 3 aromatic rings. The second-order valence-electron chi connectivity index (χ2n) is 7.22. The molecular weight excluding hydrogens is 408 g/mol. The molecule has 29 heavy (non-hydrogen) atoms. The first-order chi connectivity index (χ1) is 13.8. The number of aromatic nitrogens is 2. The molecule has 0 aliphatic rings. The summed E-state index contributed by atoms with van der Waals surface area (Å²) in [6, 6.07) is 12.1. The molecule has 0 aliphatic carbocycles. The number of rotatable bonds is 7. The summed E-state index contributed by atoms with van der Waals surface area (Å²) >= 11 is 7.37. The largest absolute Gasteiger partial charge is 0.497 e. The number of carbonyl (C=O) groups is 1. The van der Waals surface area contributed by atoms with Gasteiger partial charge in [-0.3, -0.25) is 14.2 Å². The Morgan fingerprint density at radius 1 is 1.17 bits per heavy atom. The van der Waals surface area contributed by atoms with Gasteiger partial charge in [0.1, 0.15) is 5.75 Å². The molecule has 0 saturated heterocycles. The SMILES string of the molecule is COc1ccc(C(=O)C(C)Sc2nc3ccc(Cl)cc3c(=O)n2CC(C)C)cc1. The minimum atomic E-state index is -0.404. The van der Waals surface area contributed by atoms with Crippen LogP contribution in [0.3, 0.4) is 0 Å². The van der Waals surface area contributed by atoms with E-state index in [0.717, 1.165) is 0 Å². The number of carbonyl (C=O) groups excluding carboxylic acids is 1. The summed E-state index contributed by atoms with van der Waals surface area (Å²) < 4.78 is 6.79. The lowest BCUT2D eigenvalue weighted by molar-refractivity contribution is 0.0994. The van der Waals surface area contributed by atoms with Crippen LogP contribution >= 0.6 is 23.4 Å². The van der Waals surface area contributed by atoms with Gasteiger partial charge in [0.25, 0.3) is 5.56 Å². The summed E-state index contributed by atoms with van der Waals surface area (Å²) in [5.74, 6) is 0.916. The van der Waals surface area contributed by atoms with Gasteiger partial charge in [0.2, 0.25) is 0 Å². The lowest BCUT2D eigenvalue weighted by Crippen LogP contribution is -2.27. The summed E-state index contributed by atoms with van der Waals surface area (Å²) in [7, 11) is 1.59. The van der Waals surface area contributed by atoms with E-state index in [1.54, 1.807) is 54.1 Å². The van der Waals surface area contributed by atoms with Gasteiger partial charge in [0.15, 0.2) is 10.9 Å². The van der Waals surface area contributed by atoms with Crippen molar-refractivity contribution in [3.05, 3.63) is 63.4 Å². The van der Waals surface area contributed by atoms with Crippen LogP contribution in [0.4, 0.5) is 0 Å². The number of thioether (sulfide) groups is 1. The highest BCUT2D eigenvalue weighted by molar-refractivity contribution is 8.00. The molecule has 0 amide bonds. The van der Waals surface area contributed by atoms with E-state index in [4.69, 9.17) is 16.3 Å². The van der Waals surface area contributed by atoms with Crippen LogP contribution in [0.1, 0.15) is 31.1 Å². The predicted octanol–water partition coefficient (Wildman–Crippen LogP) is 5.08. The van der Waals surface area contributed by atoms with E-state index in [1.807, 2.05) is 20.8 Å². The summed E-state index contributed by atoms with van der Waals surface area (Å²) in [6.45, 7) is 6.42. The standard InChI is InChI=1S/C22H23ClN2O3S/c1-13(2)12-25-21(27)18-11-16(23)7-10-19(18)24-22(25)29-14(3)20(26)15-5-8-17(28-4)9-6-15/h5-11,13-14H,12H2,1-4H3. The first kappa shape index (κ1) is 21.4. The molecule has 152 valence electrons. The molecule has 0 N–H and O–H groups in total. The fraction of sp³-hybridized carbons (Fsp3) is 0.318. The van der Waals surface area contributed by atoms with Crippen LogP contribution in [0.15, 0.2) is 52.4 Å². The highest BCUT2D eigenvalue weighted by Gasteiger charge is 2.21. The van der Waals surface area contributed by atoms with Crippen molar-refractivity contribution >= 4 is 40.0 Å². The van der Waals surface area contributed by atoms with Crippen LogP contribution in [0, 0.1) is 5.92 Å². The summed E-state index contributed by atoms with van der Waals surface area (Å²) in [4.78, 5) is 30.6. The van der Waals surface area contributed by atoms with Gasteiger partial charge >= 0.3 is 0 Å². The van der Waals surface area contributed by atoms with E-state index in [0.29, 0.717) is 38.9 Å². The normalized spacial score (nSPS) is 12.3. The van der Waals surface area contributed by atoms with Gasteiger partial charge in [-0.1, -0.05) is 37.2 Å². The van der Waals surface area contributed by atoms with Crippen molar-refractivity contribution in [1.29, 1.82) is 0 Å². The third kappa shape index (κ3) is 4.82. The van der Waals surface area contributed by atoms with Crippen LogP contribution in [0.2, 0.25) is 5.02 Å². The fourth-order valence-corrected chi connectivity index (χ4v) is 4.16. The van der Waals surface area contributed by atoms with Gasteiger partial charge in [-0.25, -0.2) is 4.98 Å². The Morgan fingerprint density at radius 2 is 1.86 bits per heavy atom. The van der Waals surface area contributed by atoms with Crippen molar-refractivity contribution < 1.29 is 9.53 Å². The second kappa shape index (κ2) is 9.01. The molecule has 1 heterocycles. The molecule has 5 nitrogen and oxygen atoms in total. The highest BCUT2D eigenvalue weighted by atomic mass is 35.5. The minimum absolute atomic E-state index is 0.0285. The Morgan fingerprint density at radius 3 is 2.48 bits per heavy atom. The maximum atomic E-state index is 13.1. The molecule has 1 aromatic heterocycles. The van der Waals surface area contributed by atoms with E-state index in [1.165, 1.54) is 11.8 Å². The molecule has 0 bridgehead atoms. The Bertz CT molecular complexity index is 1090. The zero-order chi connectivity index (χ0) is 21.1. The lowest BCUT2D eigenvalue weighted by Gasteiger charge is -2.17. The number of ketones is 1. The maximum Gasteiger partial charge on any atom is 0.262 e. The van der Waals surface area contributed by atoms with E-state index in [-0.39, 0.29) is 17.3 Å². The van der Waals surface area contributed by atoms with Crippen molar-refractivity contribution in [1.82, 2.24) is 9.55 Å². The minimum Gasteiger partial charge on any atom is -0.497 e. The maximum absolute atomic E-state index is 13.1. The highest BCUT2D eigenvalue weighted by Crippen LogP contribution is 2.27. The quantitative estimate of drug-likeness (QED) is 0.297. The van der Waals surface area contributed by atoms with Crippen molar-refractivity contribution in [3.63, 3.8) is 0 Å². The van der Waals surface area contributed by atoms with Gasteiger partial charge in [0.05, 0.1) is 23.3 Å². The van der Waals surface area contributed by atoms with Crippen LogP contribution in [0.25, 0.3) is 10.9 Å². The smallest absolute Gasteiger partial charge is 0.262 e. The fourth-order valence-electron chi connectivity index (χ4n) is 2.99. The molecule has 0 aliphatic heterocycles. The molecule has 1 atom stereocenters. The zero-order valence-corrected chi connectivity index (χ0v) is 18.4. The van der Waals surface area contributed by atoms with Gasteiger partial charge < -0.3 is 4.74 Å². The van der Waals surface area contributed by atoms with Gasteiger partial charge in [-0.05, 0) is 55.3 Å². The van der Waals surface area contributed by atoms with Gasteiger partial charge in [-0.15, -0.1) is 0 Å². The number of ether oxygens (including phenoxy) is 1. The molecule has 0 radical (unpaired) electrons. The number of benzene rings is 2. The Hall–Kier alpha value is -2.31. The zero-order valence-electron chi connectivity index (χ0n) is 16.8. The molecule has 7 heteroatoms. The summed E-state index contributed by atoms with van der Waals surface area (Å²) in [6.07, 6.45) is 0. The van der Waals surface area contributed by atoms with Crippen molar-refractivity contribution in [3.8, 4) is 5.75 Å². The van der Waals surface area contributed by atoms with Gasteiger partial charge in [-0.2, -0.15) is 0 Å². The first-order valence-electron chi connectivity index (χ1n) is 9.35. The topological polar surface area (TPSA) is 61.2 Å². The summed E-state index contributed by atoms with van der Waals surface area (Å²) in [5, 5.41) is 1.11. The van der Waals surface area contributed by atoms with E-state index >= 15 is 0 Å². The molecule has 2 aromatic carbocycles. The Kier molecular flexibility index (Phi) is 6.65. The second-order valence-corrected chi connectivity index (χ2v) is 8.96. The average Bonchev–Trinajstić information content (AvgIpc) is 2.70. The average molecular weight is 431 g/mol. The van der Waals surface area contributed by atoms with E-state index < -0.39 is 5.25 Å². The van der Waals surface area contributed by atoms with Crippen molar-refractivity contribution in [2.75, 3.05) is 7.11 Å². The van der Waals surface area contributed by atoms with Crippen molar-refractivity contribution in [2.45, 2.75) is 37.7 Å². The molecule has 0 spiro atoms. The number of nitrogens with zero attached hydrogens (tertiary/aromatic N) is 2. The molecule has 1 unspecified atom stereocenters. The van der Waals surface area contributed by atoms with E-state index in [9.17, 15) is 9.59 Å².